The Balaban J connectivity index is 1.78. The minimum atomic E-state index is -0.339. The van der Waals surface area contributed by atoms with Crippen LogP contribution in [0.4, 0.5) is 4.39 Å². The maximum atomic E-state index is 14.4. The van der Waals surface area contributed by atoms with Crippen molar-refractivity contribution >= 4 is 0 Å². The molecule has 0 saturated carbocycles. The van der Waals surface area contributed by atoms with Crippen molar-refractivity contribution in [1.82, 2.24) is 9.97 Å². The van der Waals surface area contributed by atoms with Gasteiger partial charge in [0.05, 0.1) is 24.2 Å². The van der Waals surface area contributed by atoms with E-state index < -0.39 is 0 Å². The number of hydrogen-bond donors (Lipinski definition) is 0. The van der Waals surface area contributed by atoms with E-state index in [1.807, 2.05) is 12.3 Å². The normalized spacial score (nSPS) is 11.0. The van der Waals surface area contributed by atoms with E-state index in [2.05, 4.69) is 23.8 Å². The molecule has 0 aliphatic rings. The molecule has 0 saturated heterocycles. The van der Waals surface area contributed by atoms with E-state index in [4.69, 9.17) is 4.74 Å². The fourth-order valence-electron chi connectivity index (χ4n) is 3.38. The second kappa shape index (κ2) is 14.1. The summed E-state index contributed by atoms with van der Waals surface area (Å²) in [5, 5.41) is 0. The van der Waals surface area contributed by atoms with E-state index in [1.54, 1.807) is 12.3 Å². The minimum Gasteiger partial charge on any atom is -0.491 e. The molecule has 29 heavy (non-hydrogen) atoms. The Morgan fingerprint density at radius 3 is 2.14 bits per heavy atom. The zero-order chi connectivity index (χ0) is 20.7. The first-order valence-electron chi connectivity index (χ1n) is 11.5. The summed E-state index contributed by atoms with van der Waals surface area (Å²) < 4.78 is 20.0. The molecule has 0 amide bonds. The Kier molecular flexibility index (Phi) is 11.3. The number of hydrogen-bond acceptors (Lipinski definition) is 3. The average Bonchev–Trinajstić information content (AvgIpc) is 2.74. The highest BCUT2D eigenvalue weighted by molar-refractivity contribution is 5.59. The molecule has 0 atom stereocenters. The van der Waals surface area contributed by atoms with E-state index >= 15 is 0 Å². The third-order valence-electron chi connectivity index (χ3n) is 5.22. The fraction of sp³-hybridized carbons (Fsp3) is 0.600. The quantitative estimate of drug-likeness (QED) is 0.290. The SMILES string of the molecule is CCCCCCCCc1cnc(-c2ccc(OCCCCCCC)c(F)c2)cn1. The van der Waals surface area contributed by atoms with Crippen molar-refractivity contribution in [3.63, 3.8) is 0 Å². The first kappa shape index (κ1) is 23.3. The molecule has 1 heterocycles. The summed E-state index contributed by atoms with van der Waals surface area (Å²) in [5.74, 6) is -0.0223. The van der Waals surface area contributed by atoms with Gasteiger partial charge >= 0.3 is 0 Å². The molecule has 0 aliphatic heterocycles. The van der Waals surface area contributed by atoms with Crippen LogP contribution in [0, 0.1) is 5.82 Å². The molecular weight excluding hydrogens is 363 g/mol. The van der Waals surface area contributed by atoms with Gasteiger partial charge < -0.3 is 4.74 Å². The van der Waals surface area contributed by atoms with Crippen LogP contribution in [0.15, 0.2) is 30.6 Å². The highest BCUT2D eigenvalue weighted by atomic mass is 19.1. The Bertz CT molecular complexity index is 688. The van der Waals surface area contributed by atoms with E-state index in [1.165, 1.54) is 57.4 Å². The topological polar surface area (TPSA) is 35.0 Å². The molecule has 0 aliphatic carbocycles. The van der Waals surface area contributed by atoms with Crippen molar-refractivity contribution in [1.29, 1.82) is 0 Å². The molecule has 0 fully saturated rings. The maximum Gasteiger partial charge on any atom is 0.165 e. The third kappa shape index (κ3) is 8.93. The van der Waals surface area contributed by atoms with Crippen LogP contribution in [0.5, 0.6) is 5.75 Å². The summed E-state index contributed by atoms with van der Waals surface area (Å²) in [4.78, 5) is 8.99. The van der Waals surface area contributed by atoms with Gasteiger partial charge in [-0.3, -0.25) is 9.97 Å². The fourth-order valence-corrected chi connectivity index (χ4v) is 3.38. The van der Waals surface area contributed by atoms with Gasteiger partial charge in [-0.25, -0.2) is 4.39 Å². The predicted molar refractivity (Wildman–Crippen MR) is 119 cm³/mol. The van der Waals surface area contributed by atoms with Gasteiger partial charge in [0, 0.05) is 11.8 Å². The van der Waals surface area contributed by atoms with Crippen LogP contribution in [0.1, 0.15) is 90.2 Å². The van der Waals surface area contributed by atoms with Crippen LogP contribution < -0.4 is 4.74 Å². The van der Waals surface area contributed by atoms with Crippen LogP contribution >= 0.6 is 0 Å². The van der Waals surface area contributed by atoms with Crippen molar-refractivity contribution in [3.05, 3.63) is 42.1 Å². The minimum absolute atomic E-state index is 0.317. The maximum absolute atomic E-state index is 14.4. The molecule has 4 heteroatoms. The third-order valence-corrected chi connectivity index (χ3v) is 5.22. The summed E-state index contributed by atoms with van der Waals surface area (Å²) in [6.45, 7) is 4.99. The van der Waals surface area contributed by atoms with Crippen molar-refractivity contribution < 1.29 is 9.13 Å². The lowest BCUT2D eigenvalue weighted by Gasteiger charge is -2.09. The van der Waals surface area contributed by atoms with Gasteiger partial charge in [0.1, 0.15) is 0 Å². The van der Waals surface area contributed by atoms with Crippen LogP contribution in [-0.2, 0) is 6.42 Å². The number of nitrogens with zero attached hydrogens (tertiary/aromatic N) is 2. The second-order valence-electron chi connectivity index (χ2n) is 7.82. The lowest BCUT2D eigenvalue weighted by Crippen LogP contribution is -2.00. The summed E-state index contributed by atoms with van der Waals surface area (Å²) >= 11 is 0. The lowest BCUT2D eigenvalue weighted by molar-refractivity contribution is 0.290. The van der Waals surface area contributed by atoms with Crippen molar-refractivity contribution in [3.8, 4) is 17.0 Å². The number of rotatable bonds is 15. The molecule has 0 spiro atoms. The van der Waals surface area contributed by atoms with Gasteiger partial charge in [0.15, 0.2) is 11.6 Å². The Morgan fingerprint density at radius 2 is 1.48 bits per heavy atom. The summed E-state index contributed by atoms with van der Waals surface area (Å²) in [7, 11) is 0. The molecule has 2 rings (SSSR count). The van der Waals surface area contributed by atoms with Gasteiger partial charge in [0.25, 0.3) is 0 Å². The van der Waals surface area contributed by atoms with Crippen molar-refractivity contribution in [2.45, 2.75) is 90.9 Å². The van der Waals surface area contributed by atoms with Gasteiger partial charge in [0.2, 0.25) is 0 Å². The Hall–Kier alpha value is -1.97. The lowest BCUT2D eigenvalue weighted by atomic mass is 10.1. The number of ether oxygens (including phenoxy) is 1. The molecule has 0 N–H and O–H groups in total. The van der Waals surface area contributed by atoms with Gasteiger partial charge in [-0.1, -0.05) is 71.6 Å². The highest BCUT2D eigenvalue weighted by Gasteiger charge is 2.08. The molecule has 0 bridgehead atoms. The standard InChI is InChI=1S/C25H37FN2O/c1-3-5-7-9-10-12-14-22-19-28-24(20-27-22)21-15-16-25(23(26)18-21)29-17-13-11-8-6-4-2/h15-16,18-20H,3-14,17H2,1-2H3. The molecule has 1 aromatic carbocycles. The van der Waals surface area contributed by atoms with Crippen molar-refractivity contribution in [2.24, 2.45) is 0 Å². The van der Waals surface area contributed by atoms with Gasteiger partial charge in [-0.15, -0.1) is 0 Å². The molecule has 1 aromatic heterocycles. The van der Waals surface area contributed by atoms with Crippen LogP contribution in [-0.4, -0.2) is 16.6 Å². The molecule has 3 nitrogen and oxygen atoms in total. The number of aromatic nitrogens is 2. The van der Waals surface area contributed by atoms with Gasteiger partial charge in [-0.05, 0) is 37.5 Å². The first-order chi connectivity index (χ1) is 14.2. The summed E-state index contributed by atoms with van der Waals surface area (Å²) in [6, 6.07) is 5.04. The van der Waals surface area contributed by atoms with Crippen LogP contribution in [0.3, 0.4) is 0 Å². The monoisotopic (exact) mass is 400 g/mol. The van der Waals surface area contributed by atoms with Crippen LogP contribution in [0.2, 0.25) is 0 Å². The summed E-state index contributed by atoms with van der Waals surface area (Å²) in [6.07, 6.45) is 17.9. The Labute approximate surface area is 176 Å². The summed E-state index contributed by atoms with van der Waals surface area (Å²) in [5.41, 5.74) is 2.44. The average molecular weight is 401 g/mol. The first-order valence-corrected chi connectivity index (χ1v) is 11.5. The van der Waals surface area contributed by atoms with E-state index in [9.17, 15) is 4.39 Å². The van der Waals surface area contributed by atoms with Crippen LogP contribution in [0.25, 0.3) is 11.3 Å². The number of benzene rings is 1. The molecular formula is C25H37FN2O. The highest BCUT2D eigenvalue weighted by Crippen LogP contribution is 2.24. The zero-order valence-electron chi connectivity index (χ0n) is 18.3. The largest absolute Gasteiger partial charge is 0.491 e. The second-order valence-corrected chi connectivity index (χ2v) is 7.82. The smallest absolute Gasteiger partial charge is 0.165 e. The zero-order valence-corrected chi connectivity index (χ0v) is 18.3. The molecule has 0 radical (unpaired) electrons. The number of halogens is 1. The van der Waals surface area contributed by atoms with E-state index in [-0.39, 0.29) is 5.82 Å². The van der Waals surface area contributed by atoms with Crippen molar-refractivity contribution in [2.75, 3.05) is 6.61 Å². The number of unbranched alkanes of at least 4 members (excludes halogenated alkanes) is 9. The molecule has 2 aromatic rings. The molecule has 160 valence electrons. The van der Waals surface area contributed by atoms with E-state index in [0.717, 1.165) is 36.9 Å². The number of aryl methyl sites for hydroxylation is 1. The van der Waals surface area contributed by atoms with E-state index in [0.29, 0.717) is 18.1 Å². The predicted octanol–water partition coefficient (Wildman–Crippen LogP) is 7.53. The molecule has 0 unspecified atom stereocenters. The Morgan fingerprint density at radius 1 is 0.793 bits per heavy atom. The van der Waals surface area contributed by atoms with Gasteiger partial charge in [-0.2, -0.15) is 0 Å².